The lowest BCUT2D eigenvalue weighted by Crippen LogP contribution is -2.24. The minimum atomic E-state index is -0.673. The predicted octanol–water partition coefficient (Wildman–Crippen LogP) is 8.06. The number of benzene rings is 5. The summed E-state index contributed by atoms with van der Waals surface area (Å²) in [4.78, 5) is 0. The zero-order chi connectivity index (χ0) is 25.6. The maximum absolute atomic E-state index is 2.47. The fourth-order valence-corrected chi connectivity index (χ4v) is 11.1. The molecule has 6 rings (SSSR count). The van der Waals surface area contributed by atoms with Gasteiger partial charge in [-0.25, -0.2) is 0 Å². The zero-order valence-corrected chi connectivity index (χ0v) is 23.0. The Bertz CT molecular complexity index is 1420. The molecule has 2 heteroatoms. The first kappa shape index (κ1) is 24.8. The van der Waals surface area contributed by atoms with E-state index in [0.29, 0.717) is 11.6 Å². The van der Waals surface area contributed by atoms with Crippen LogP contribution in [-0.2, 0) is 0 Å². The van der Waals surface area contributed by atoms with E-state index < -0.39 is 15.8 Å². The lowest BCUT2D eigenvalue weighted by Gasteiger charge is -2.36. The fourth-order valence-electron chi connectivity index (χ4n) is 5.39. The fraction of sp³-hybridized carbons (Fsp3) is 0.0556. The summed E-state index contributed by atoms with van der Waals surface area (Å²) >= 11 is 0. The third-order valence-electron chi connectivity index (χ3n) is 7.04. The molecule has 5 aromatic carbocycles. The first-order valence-corrected chi connectivity index (χ1v) is 15.9. The molecule has 38 heavy (non-hydrogen) atoms. The molecule has 0 aromatic heterocycles. The first-order valence-electron chi connectivity index (χ1n) is 13.1. The highest BCUT2D eigenvalue weighted by Gasteiger charge is 2.37. The number of hydrogen-bond donors (Lipinski definition) is 0. The van der Waals surface area contributed by atoms with Gasteiger partial charge in [0.05, 0.1) is 0 Å². The van der Waals surface area contributed by atoms with E-state index in [-0.39, 0.29) is 0 Å². The summed E-state index contributed by atoms with van der Waals surface area (Å²) in [5.41, 5.74) is 1.73. The van der Waals surface area contributed by atoms with E-state index in [2.05, 4.69) is 170 Å². The van der Waals surface area contributed by atoms with Crippen molar-refractivity contribution in [3.8, 4) is 0 Å². The van der Waals surface area contributed by atoms with Crippen LogP contribution >= 0.6 is 15.8 Å². The van der Waals surface area contributed by atoms with Crippen molar-refractivity contribution in [1.82, 2.24) is 0 Å². The van der Waals surface area contributed by atoms with Crippen LogP contribution < -0.4 is 21.2 Å². The van der Waals surface area contributed by atoms with Crippen molar-refractivity contribution in [3.63, 3.8) is 0 Å². The highest BCUT2D eigenvalue weighted by atomic mass is 31.1. The summed E-state index contributed by atoms with van der Waals surface area (Å²) in [5.74, 6) is 0.301. The Labute approximate surface area is 228 Å². The van der Waals surface area contributed by atoms with Crippen molar-refractivity contribution in [2.75, 3.05) is 0 Å². The van der Waals surface area contributed by atoms with Gasteiger partial charge in [0.25, 0.3) is 0 Å². The summed E-state index contributed by atoms with van der Waals surface area (Å²) in [7, 11) is -1.34. The molecule has 0 radical (unpaired) electrons. The van der Waals surface area contributed by atoms with Gasteiger partial charge in [-0.3, -0.25) is 0 Å². The maximum Gasteiger partial charge on any atom is 0.0226 e. The van der Waals surface area contributed by atoms with Crippen molar-refractivity contribution in [3.05, 3.63) is 181 Å². The quantitative estimate of drug-likeness (QED) is 0.180. The molecule has 0 nitrogen and oxygen atoms in total. The highest BCUT2D eigenvalue weighted by Crippen LogP contribution is 2.61. The average molecular weight is 525 g/mol. The third kappa shape index (κ3) is 5.21. The Morgan fingerprint density at radius 3 is 1.29 bits per heavy atom. The molecule has 0 saturated carbocycles. The van der Waals surface area contributed by atoms with Gasteiger partial charge in [-0.1, -0.05) is 170 Å². The van der Waals surface area contributed by atoms with E-state index in [1.54, 1.807) is 0 Å². The zero-order valence-electron chi connectivity index (χ0n) is 21.2. The van der Waals surface area contributed by atoms with Crippen molar-refractivity contribution >= 4 is 37.1 Å². The average Bonchev–Trinajstić information content (AvgIpc) is 3.47. The maximum atomic E-state index is 2.47. The molecule has 1 aliphatic rings. The van der Waals surface area contributed by atoms with Crippen molar-refractivity contribution < 1.29 is 0 Å². The molecule has 0 amide bonds. The Hall–Kier alpha value is -3.56. The molecule has 0 spiro atoms. The molecule has 5 aromatic rings. The molecule has 0 heterocycles. The molecule has 2 atom stereocenters. The highest BCUT2D eigenvalue weighted by molar-refractivity contribution is 7.77. The van der Waals surface area contributed by atoms with Gasteiger partial charge in [0.1, 0.15) is 0 Å². The Kier molecular flexibility index (Phi) is 7.74. The third-order valence-corrected chi connectivity index (χ3v) is 12.5. The van der Waals surface area contributed by atoms with Gasteiger partial charge in [-0.15, -0.1) is 0 Å². The largest absolute Gasteiger partial charge is 0.0759 e. The first-order chi connectivity index (χ1) is 18.9. The number of rotatable bonds is 8. The second-order valence-corrected chi connectivity index (χ2v) is 14.0. The second kappa shape index (κ2) is 11.9. The smallest absolute Gasteiger partial charge is 0.0226 e. The van der Waals surface area contributed by atoms with Crippen LogP contribution in [0.5, 0.6) is 0 Å². The van der Waals surface area contributed by atoms with Gasteiger partial charge in [0, 0.05) is 11.6 Å². The number of allylic oxidation sites excluding steroid dienone is 4. The molecule has 0 N–H and O–H groups in total. The van der Waals surface area contributed by atoms with Crippen molar-refractivity contribution in [2.45, 2.75) is 5.66 Å². The van der Waals surface area contributed by atoms with Gasteiger partial charge >= 0.3 is 0 Å². The van der Waals surface area contributed by atoms with Crippen molar-refractivity contribution in [1.29, 1.82) is 0 Å². The summed E-state index contributed by atoms with van der Waals surface area (Å²) in [6.07, 6.45) is 7.19. The SMILES string of the molecule is C1=CC([C@H](c2ccccc2)P(c2ccccc2)c2ccccc2)C(P(c2ccccc2)c2ccccc2)=C1. The molecule has 1 unspecified atom stereocenters. The topological polar surface area (TPSA) is 0 Å². The second-order valence-electron chi connectivity index (χ2n) is 9.41. The van der Waals surface area contributed by atoms with Crippen molar-refractivity contribution in [2.24, 2.45) is 5.92 Å². The molecule has 0 fully saturated rings. The van der Waals surface area contributed by atoms with E-state index in [9.17, 15) is 0 Å². The summed E-state index contributed by atoms with van der Waals surface area (Å²) in [5, 5.41) is 7.19. The van der Waals surface area contributed by atoms with Crippen LogP contribution in [0.15, 0.2) is 175 Å². The summed E-state index contributed by atoms with van der Waals surface area (Å²) in [6, 6.07) is 55.8. The molecule has 0 aliphatic heterocycles. The Balaban J connectivity index is 1.53. The number of hydrogen-bond acceptors (Lipinski definition) is 0. The van der Waals surface area contributed by atoms with Gasteiger partial charge < -0.3 is 0 Å². The lowest BCUT2D eigenvalue weighted by atomic mass is 10.00. The van der Waals surface area contributed by atoms with Crippen LogP contribution in [-0.4, -0.2) is 0 Å². The van der Waals surface area contributed by atoms with E-state index in [0.717, 1.165) is 0 Å². The molecular formula is C36H30P2. The standard InChI is InChI=1S/C36H30P2/c1-6-17-29(18-7-1)36(38(32-23-12-4-13-24-32)33-25-14-5-15-26-33)34-27-16-28-35(34)37(30-19-8-2-9-20-30)31-21-10-3-11-22-31/h1-28,34,36H/t34?,36-/m0/s1. The minimum Gasteiger partial charge on any atom is -0.0759 e. The Morgan fingerprint density at radius 1 is 0.447 bits per heavy atom. The van der Waals surface area contributed by atoms with Crippen LogP contribution in [0, 0.1) is 5.92 Å². The van der Waals surface area contributed by atoms with Crippen LogP contribution in [0.1, 0.15) is 11.2 Å². The molecule has 0 bridgehead atoms. The normalized spacial score (nSPS) is 15.5. The van der Waals surface area contributed by atoms with Gasteiger partial charge in [0.2, 0.25) is 0 Å². The van der Waals surface area contributed by atoms with E-state index in [4.69, 9.17) is 0 Å². The summed E-state index contributed by atoms with van der Waals surface area (Å²) < 4.78 is 0. The van der Waals surface area contributed by atoms with Crippen LogP contribution in [0.2, 0.25) is 0 Å². The molecule has 184 valence electrons. The predicted molar refractivity (Wildman–Crippen MR) is 168 cm³/mol. The minimum absolute atomic E-state index is 0.301. The van der Waals surface area contributed by atoms with E-state index in [1.165, 1.54) is 32.1 Å². The van der Waals surface area contributed by atoms with E-state index in [1.807, 2.05) is 0 Å². The molecule has 0 saturated heterocycles. The van der Waals surface area contributed by atoms with Gasteiger partial charge in [-0.05, 0) is 47.9 Å². The van der Waals surface area contributed by atoms with Gasteiger partial charge in [0.15, 0.2) is 0 Å². The lowest BCUT2D eigenvalue weighted by molar-refractivity contribution is 0.774. The van der Waals surface area contributed by atoms with Crippen LogP contribution in [0.4, 0.5) is 0 Å². The Morgan fingerprint density at radius 2 is 0.842 bits per heavy atom. The molecule has 1 aliphatic carbocycles. The van der Waals surface area contributed by atoms with Gasteiger partial charge in [-0.2, -0.15) is 0 Å². The van der Waals surface area contributed by atoms with Crippen LogP contribution in [0.3, 0.4) is 0 Å². The molecular weight excluding hydrogens is 494 g/mol. The monoisotopic (exact) mass is 524 g/mol. The summed E-state index contributed by atoms with van der Waals surface area (Å²) in [6.45, 7) is 0. The van der Waals surface area contributed by atoms with Crippen LogP contribution in [0.25, 0.3) is 0 Å². The van der Waals surface area contributed by atoms with E-state index >= 15 is 0 Å².